The summed E-state index contributed by atoms with van der Waals surface area (Å²) in [5.41, 5.74) is 0. The molecule has 0 atom stereocenters. The minimum absolute atomic E-state index is 0.0406. The fourth-order valence-corrected chi connectivity index (χ4v) is 1.01. The lowest BCUT2D eigenvalue weighted by Crippen LogP contribution is -2.19. The predicted octanol–water partition coefficient (Wildman–Crippen LogP) is -0.392. The van der Waals surface area contributed by atoms with Gasteiger partial charge in [0, 0.05) is 6.07 Å². The Labute approximate surface area is 84.2 Å². The van der Waals surface area contributed by atoms with Gasteiger partial charge in [0.15, 0.2) is 5.82 Å². The van der Waals surface area contributed by atoms with Gasteiger partial charge < -0.3 is 9.84 Å². The Bertz CT molecular complexity index is 448. The summed E-state index contributed by atoms with van der Waals surface area (Å²) in [6.45, 7) is 1.78. The van der Waals surface area contributed by atoms with Crippen molar-refractivity contribution in [2.24, 2.45) is 0 Å². The quantitative estimate of drug-likeness (QED) is 0.737. The van der Waals surface area contributed by atoms with Crippen molar-refractivity contribution in [3.8, 4) is 0 Å². The van der Waals surface area contributed by atoms with E-state index in [1.165, 1.54) is 11.0 Å². The van der Waals surface area contributed by atoms with Crippen LogP contribution in [0.1, 0.15) is 5.76 Å². The molecule has 0 aromatic carbocycles. The first-order valence-electron chi connectivity index (χ1n) is 4.18. The Kier molecular flexibility index (Phi) is 2.40. The minimum Gasteiger partial charge on any atom is -0.360 e. The first kappa shape index (κ1) is 9.31. The number of amides is 1. The van der Waals surface area contributed by atoms with Gasteiger partial charge in [0.2, 0.25) is 5.91 Å². The molecular formula is C7H8N6O2. The molecule has 2 rings (SSSR count). The normalized spacial score (nSPS) is 10.2. The second-order valence-electron chi connectivity index (χ2n) is 2.88. The van der Waals surface area contributed by atoms with Crippen molar-refractivity contribution >= 4 is 11.7 Å². The summed E-state index contributed by atoms with van der Waals surface area (Å²) in [6.07, 6.45) is 1.35. The number of nitrogens with one attached hydrogen (secondary N) is 1. The first-order chi connectivity index (χ1) is 7.24. The van der Waals surface area contributed by atoms with Gasteiger partial charge in [0.25, 0.3) is 0 Å². The summed E-state index contributed by atoms with van der Waals surface area (Å²) in [6, 6.07) is 1.62. The molecule has 15 heavy (non-hydrogen) atoms. The van der Waals surface area contributed by atoms with Gasteiger partial charge in [-0.1, -0.05) is 5.16 Å². The highest BCUT2D eigenvalue weighted by molar-refractivity contribution is 5.89. The van der Waals surface area contributed by atoms with Crippen LogP contribution in [0.3, 0.4) is 0 Å². The summed E-state index contributed by atoms with van der Waals surface area (Å²) in [5, 5.41) is 16.5. The maximum Gasteiger partial charge on any atom is 0.247 e. The smallest absolute Gasteiger partial charge is 0.247 e. The van der Waals surface area contributed by atoms with Crippen LogP contribution in [-0.4, -0.2) is 31.3 Å². The van der Waals surface area contributed by atoms with E-state index in [0.717, 1.165) is 0 Å². The molecule has 8 nitrogen and oxygen atoms in total. The highest BCUT2D eigenvalue weighted by atomic mass is 16.5. The molecule has 8 heteroatoms. The Morgan fingerprint density at radius 2 is 2.53 bits per heavy atom. The van der Waals surface area contributed by atoms with Crippen molar-refractivity contribution in [2.45, 2.75) is 13.5 Å². The number of carbonyl (C=O) groups is 1. The van der Waals surface area contributed by atoms with Crippen molar-refractivity contribution in [3.63, 3.8) is 0 Å². The van der Waals surface area contributed by atoms with Gasteiger partial charge in [-0.3, -0.25) is 4.79 Å². The third kappa shape index (κ3) is 2.36. The van der Waals surface area contributed by atoms with Gasteiger partial charge in [-0.25, -0.2) is 4.68 Å². The van der Waals surface area contributed by atoms with Crippen molar-refractivity contribution < 1.29 is 9.32 Å². The number of nitrogens with zero attached hydrogens (tertiary/aromatic N) is 5. The van der Waals surface area contributed by atoms with Crippen molar-refractivity contribution in [1.82, 2.24) is 25.4 Å². The number of aryl methyl sites for hydroxylation is 1. The average molecular weight is 208 g/mol. The molecule has 0 aliphatic rings. The number of carbonyl (C=O) groups excluding carboxylic acids is 1. The van der Waals surface area contributed by atoms with E-state index in [-0.39, 0.29) is 12.5 Å². The first-order valence-corrected chi connectivity index (χ1v) is 4.18. The molecule has 0 saturated carbocycles. The Morgan fingerprint density at radius 1 is 1.67 bits per heavy atom. The highest BCUT2D eigenvalue weighted by Crippen LogP contribution is 2.06. The maximum atomic E-state index is 11.4. The summed E-state index contributed by atoms with van der Waals surface area (Å²) >= 11 is 0. The van der Waals surface area contributed by atoms with Crippen molar-refractivity contribution in [1.29, 1.82) is 0 Å². The second kappa shape index (κ2) is 3.86. The third-order valence-electron chi connectivity index (χ3n) is 1.59. The molecule has 0 radical (unpaired) electrons. The van der Waals surface area contributed by atoms with Crippen LogP contribution in [0.15, 0.2) is 16.9 Å². The minimum atomic E-state index is -0.268. The zero-order valence-corrected chi connectivity index (χ0v) is 7.91. The van der Waals surface area contributed by atoms with E-state index in [0.29, 0.717) is 11.6 Å². The highest BCUT2D eigenvalue weighted by Gasteiger charge is 2.07. The lowest BCUT2D eigenvalue weighted by Gasteiger charge is -1.98. The number of tetrazole rings is 1. The molecule has 2 aromatic rings. The number of aromatic nitrogens is 5. The molecule has 0 bridgehead atoms. The van der Waals surface area contributed by atoms with E-state index in [4.69, 9.17) is 4.52 Å². The van der Waals surface area contributed by atoms with Crippen LogP contribution in [0.2, 0.25) is 0 Å². The fourth-order valence-electron chi connectivity index (χ4n) is 1.01. The Balaban J connectivity index is 1.93. The van der Waals surface area contributed by atoms with Crippen LogP contribution in [0, 0.1) is 6.92 Å². The zero-order chi connectivity index (χ0) is 10.7. The van der Waals surface area contributed by atoms with E-state index in [1.807, 2.05) is 0 Å². The van der Waals surface area contributed by atoms with Crippen LogP contribution in [0.5, 0.6) is 0 Å². The van der Waals surface area contributed by atoms with Gasteiger partial charge in [-0.15, -0.1) is 5.10 Å². The molecule has 0 aliphatic heterocycles. The fraction of sp³-hybridized carbons (Fsp3) is 0.286. The number of hydrogen-bond acceptors (Lipinski definition) is 6. The summed E-state index contributed by atoms with van der Waals surface area (Å²) < 4.78 is 6.10. The number of rotatable bonds is 3. The van der Waals surface area contributed by atoms with E-state index < -0.39 is 0 Å². The van der Waals surface area contributed by atoms with Crippen LogP contribution >= 0.6 is 0 Å². The van der Waals surface area contributed by atoms with E-state index in [9.17, 15) is 4.79 Å². The van der Waals surface area contributed by atoms with Crippen LogP contribution in [0.4, 0.5) is 5.82 Å². The van der Waals surface area contributed by atoms with Gasteiger partial charge in [-0.05, 0) is 17.4 Å². The van der Waals surface area contributed by atoms with Crippen molar-refractivity contribution in [2.75, 3.05) is 5.32 Å². The lowest BCUT2D eigenvalue weighted by atomic mass is 10.5. The monoisotopic (exact) mass is 208 g/mol. The van der Waals surface area contributed by atoms with E-state index in [2.05, 4.69) is 26.0 Å². The second-order valence-corrected chi connectivity index (χ2v) is 2.88. The SMILES string of the molecule is Cc1cc(NC(=O)Cn2cnnn2)no1. The van der Waals surface area contributed by atoms with E-state index in [1.54, 1.807) is 13.0 Å². The topological polar surface area (TPSA) is 98.7 Å². The number of anilines is 1. The van der Waals surface area contributed by atoms with Gasteiger partial charge >= 0.3 is 0 Å². The molecule has 1 amide bonds. The summed E-state index contributed by atoms with van der Waals surface area (Å²) in [7, 11) is 0. The van der Waals surface area contributed by atoms with Gasteiger partial charge in [0.1, 0.15) is 18.6 Å². The zero-order valence-electron chi connectivity index (χ0n) is 7.91. The third-order valence-corrected chi connectivity index (χ3v) is 1.59. The van der Waals surface area contributed by atoms with Crippen LogP contribution in [-0.2, 0) is 11.3 Å². The van der Waals surface area contributed by atoms with Crippen LogP contribution < -0.4 is 5.32 Å². The molecular weight excluding hydrogens is 200 g/mol. The maximum absolute atomic E-state index is 11.4. The largest absolute Gasteiger partial charge is 0.360 e. The van der Waals surface area contributed by atoms with Crippen LogP contribution in [0.25, 0.3) is 0 Å². The predicted molar refractivity (Wildman–Crippen MR) is 47.7 cm³/mol. The average Bonchev–Trinajstić information content (AvgIpc) is 2.77. The summed E-state index contributed by atoms with van der Waals surface area (Å²) in [4.78, 5) is 11.4. The molecule has 78 valence electrons. The van der Waals surface area contributed by atoms with E-state index >= 15 is 0 Å². The molecule has 0 fully saturated rings. The Hall–Kier alpha value is -2.25. The standard InChI is InChI=1S/C7H8N6O2/c1-5-2-6(10-15-5)9-7(14)3-13-4-8-11-12-13/h2,4H,3H2,1H3,(H,9,10,14). The molecule has 0 saturated heterocycles. The lowest BCUT2D eigenvalue weighted by molar-refractivity contribution is -0.117. The van der Waals surface area contributed by atoms with Crippen molar-refractivity contribution in [3.05, 3.63) is 18.2 Å². The Morgan fingerprint density at radius 3 is 3.13 bits per heavy atom. The molecule has 0 spiro atoms. The molecule has 0 aliphatic carbocycles. The molecule has 0 unspecified atom stereocenters. The molecule has 2 heterocycles. The molecule has 1 N–H and O–H groups in total. The van der Waals surface area contributed by atoms with Gasteiger partial charge in [0.05, 0.1) is 0 Å². The summed E-state index contributed by atoms with van der Waals surface area (Å²) in [5.74, 6) is 0.744. The number of hydrogen-bond donors (Lipinski definition) is 1. The van der Waals surface area contributed by atoms with Gasteiger partial charge in [-0.2, -0.15) is 0 Å². The molecule has 2 aromatic heterocycles.